The molecule has 2 amide bonds. The highest BCUT2D eigenvalue weighted by molar-refractivity contribution is 9.10. The van der Waals surface area contributed by atoms with Crippen molar-refractivity contribution in [2.75, 3.05) is 6.54 Å². The molecule has 0 aliphatic carbocycles. The Morgan fingerprint density at radius 3 is 2.82 bits per heavy atom. The van der Waals surface area contributed by atoms with Gasteiger partial charge in [-0.25, -0.2) is 4.39 Å². The second-order valence-corrected chi connectivity index (χ2v) is 5.16. The highest BCUT2D eigenvalue weighted by atomic mass is 79.9. The summed E-state index contributed by atoms with van der Waals surface area (Å²) in [7, 11) is 0. The summed E-state index contributed by atoms with van der Waals surface area (Å²) in [6.07, 6.45) is 0.349. The van der Waals surface area contributed by atoms with E-state index in [-0.39, 0.29) is 17.4 Å². The Balaban J connectivity index is 2.31. The van der Waals surface area contributed by atoms with Gasteiger partial charge in [0.1, 0.15) is 5.82 Å². The SMILES string of the molecule is CC1CC(=O)N(C(=O)c2cc(Br)ccc2F)C1. The molecule has 1 fully saturated rings. The van der Waals surface area contributed by atoms with Crippen LogP contribution in [-0.2, 0) is 4.79 Å². The summed E-state index contributed by atoms with van der Waals surface area (Å²) in [4.78, 5) is 24.7. The summed E-state index contributed by atoms with van der Waals surface area (Å²) in [5.74, 6) is -1.26. The molecule has 0 saturated carbocycles. The van der Waals surface area contributed by atoms with E-state index in [2.05, 4.69) is 15.9 Å². The third-order valence-corrected chi connectivity index (χ3v) is 3.22. The minimum absolute atomic E-state index is 0.0678. The van der Waals surface area contributed by atoms with Crippen LogP contribution in [0.1, 0.15) is 23.7 Å². The number of carbonyl (C=O) groups excluding carboxylic acids is 2. The molecule has 0 spiro atoms. The maximum absolute atomic E-state index is 13.5. The molecule has 0 aromatic heterocycles. The van der Waals surface area contributed by atoms with Crippen molar-refractivity contribution in [1.82, 2.24) is 4.90 Å². The van der Waals surface area contributed by atoms with Gasteiger partial charge in [0.25, 0.3) is 5.91 Å². The Hall–Kier alpha value is -1.23. The van der Waals surface area contributed by atoms with Gasteiger partial charge >= 0.3 is 0 Å². The molecule has 1 aliphatic rings. The summed E-state index contributed by atoms with van der Waals surface area (Å²) in [5.41, 5.74) is -0.0678. The molecular formula is C12H11BrFNO2. The van der Waals surface area contributed by atoms with Crippen LogP contribution in [0.25, 0.3) is 0 Å². The van der Waals surface area contributed by atoms with E-state index < -0.39 is 11.7 Å². The molecule has 2 rings (SSSR count). The Labute approximate surface area is 107 Å². The zero-order valence-corrected chi connectivity index (χ0v) is 10.8. The van der Waals surface area contributed by atoms with Crippen LogP contribution < -0.4 is 0 Å². The predicted molar refractivity (Wildman–Crippen MR) is 63.9 cm³/mol. The molecule has 5 heteroatoms. The van der Waals surface area contributed by atoms with Crippen LogP contribution in [0.3, 0.4) is 0 Å². The highest BCUT2D eigenvalue weighted by Crippen LogP contribution is 2.22. The van der Waals surface area contributed by atoms with Gasteiger partial charge in [-0.1, -0.05) is 22.9 Å². The number of amides is 2. The van der Waals surface area contributed by atoms with Crippen LogP contribution in [-0.4, -0.2) is 23.3 Å². The molecule has 1 saturated heterocycles. The molecule has 1 heterocycles. The smallest absolute Gasteiger partial charge is 0.263 e. The van der Waals surface area contributed by atoms with Crippen LogP contribution in [0.2, 0.25) is 0 Å². The second-order valence-electron chi connectivity index (χ2n) is 4.24. The molecule has 1 aromatic carbocycles. The molecule has 1 aromatic rings. The van der Waals surface area contributed by atoms with Crippen molar-refractivity contribution < 1.29 is 14.0 Å². The largest absolute Gasteiger partial charge is 0.278 e. The van der Waals surface area contributed by atoms with Gasteiger partial charge in [0, 0.05) is 17.4 Å². The van der Waals surface area contributed by atoms with Crippen molar-refractivity contribution in [3.8, 4) is 0 Å². The average molecular weight is 300 g/mol. The molecule has 1 aliphatic heterocycles. The number of nitrogens with zero attached hydrogens (tertiary/aromatic N) is 1. The van der Waals surface area contributed by atoms with Crippen molar-refractivity contribution in [2.45, 2.75) is 13.3 Å². The van der Waals surface area contributed by atoms with Crippen LogP contribution in [0.5, 0.6) is 0 Å². The Morgan fingerprint density at radius 1 is 1.53 bits per heavy atom. The zero-order valence-electron chi connectivity index (χ0n) is 9.24. The number of carbonyl (C=O) groups is 2. The molecule has 0 bridgehead atoms. The fourth-order valence-electron chi connectivity index (χ4n) is 1.89. The number of hydrogen-bond donors (Lipinski definition) is 0. The average Bonchev–Trinajstić information content (AvgIpc) is 2.60. The highest BCUT2D eigenvalue weighted by Gasteiger charge is 2.33. The molecule has 3 nitrogen and oxygen atoms in total. The van der Waals surface area contributed by atoms with Gasteiger partial charge in [-0.3, -0.25) is 14.5 Å². The molecule has 0 N–H and O–H groups in total. The van der Waals surface area contributed by atoms with E-state index in [1.165, 1.54) is 18.2 Å². The molecule has 1 atom stereocenters. The maximum Gasteiger partial charge on any atom is 0.263 e. The summed E-state index contributed by atoms with van der Waals surface area (Å²) in [5, 5.41) is 0. The number of likely N-dealkylation sites (tertiary alicyclic amines) is 1. The van der Waals surface area contributed by atoms with Crippen LogP contribution in [0.4, 0.5) is 4.39 Å². The van der Waals surface area contributed by atoms with E-state index >= 15 is 0 Å². The number of rotatable bonds is 1. The van der Waals surface area contributed by atoms with Crippen molar-refractivity contribution in [1.29, 1.82) is 0 Å². The van der Waals surface area contributed by atoms with Gasteiger partial charge in [-0.05, 0) is 24.1 Å². The first-order valence-electron chi connectivity index (χ1n) is 5.29. The van der Waals surface area contributed by atoms with Gasteiger partial charge in [0.2, 0.25) is 5.91 Å². The summed E-state index contributed by atoms with van der Waals surface area (Å²) >= 11 is 3.18. The Bertz CT molecular complexity index is 489. The first kappa shape index (κ1) is 12.2. The number of halogens is 2. The fourth-order valence-corrected chi connectivity index (χ4v) is 2.25. The lowest BCUT2D eigenvalue weighted by atomic mass is 10.1. The third-order valence-electron chi connectivity index (χ3n) is 2.72. The van der Waals surface area contributed by atoms with Crippen molar-refractivity contribution >= 4 is 27.7 Å². The lowest BCUT2D eigenvalue weighted by Gasteiger charge is -2.14. The van der Waals surface area contributed by atoms with Gasteiger partial charge in [-0.15, -0.1) is 0 Å². The number of benzene rings is 1. The van der Waals surface area contributed by atoms with E-state index in [0.29, 0.717) is 17.4 Å². The number of imide groups is 1. The molecule has 1 unspecified atom stereocenters. The van der Waals surface area contributed by atoms with Crippen LogP contribution >= 0.6 is 15.9 Å². The summed E-state index contributed by atoms with van der Waals surface area (Å²) in [6.45, 7) is 2.26. The molecule has 90 valence electrons. The van der Waals surface area contributed by atoms with E-state index in [4.69, 9.17) is 0 Å². The molecular weight excluding hydrogens is 289 g/mol. The molecule has 17 heavy (non-hydrogen) atoms. The summed E-state index contributed by atoms with van der Waals surface area (Å²) in [6, 6.07) is 4.12. The first-order chi connectivity index (χ1) is 7.99. The zero-order chi connectivity index (χ0) is 12.6. The number of hydrogen-bond acceptors (Lipinski definition) is 2. The van der Waals surface area contributed by atoms with Crippen molar-refractivity contribution in [2.24, 2.45) is 5.92 Å². The van der Waals surface area contributed by atoms with E-state index in [9.17, 15) is 14.0 Å². The van der Waals surface area contributed by atoms with Gasteiger partial charge in [0.05, 0.1) is 5.56 Å². The fraction of sp³-hybridized carbons (Fsp3) is 0.333. The normalized spacial score (nSPS) is 19.8. The summed E-state index contributed by atoms with van der Waals surface area (Å²) < 4.78 is 14.1. The minimum Gasteiger partial charge on any atom is -0.278 e. The third kappa shape index (κ3) is 2.39. The van der Waals surface area contributed by atoms with E-state index in [0.717, 1.165) is 4.90 Å². The van der Waals surface area contributed by atoms with Crippen LogP contribution in [0, 0.1) is 11.7 Å². The predicted octanol–water partition coefficient (Wildman–Crippen LogP) is 2.60. The lowest BCUT2D eigenvalue weighted by molar-refractivity contribution is -0.125. The first-order valence-corrected chi connectivity index (χ1v) is 6.08. The van der Waals surface area contributed by atoms with Gasteiger partial charge in [0.15, 0.2) is 0 Å². The van der Waals surface area contributed by atoms with Crippen molar-refractivity contribution in [3.63, 3.8) is 0 Å². The van der Waals surface area contributed by atoms with Gasteiger partial charge in [-0.2, -0.15) is 0 Å². The Kier molecular flexibility index (Phi) is 3.28. The lowest BCUT2D eigenvalue weighted by Crippen LogP contribution is -2.32. The van der Waals surface area contributed by atoms with Crippen LogP contribution in [0.15, 0.2) is 22.7 Å². The van der Waals surface area contributed by atoms with Gasteiger partial charge < -0.3 is 0 Å². The Morgan fingerprint density at radius 2 is 2.24 bits per heavy atom. The quantitative estimate of drug-likeness (QED) is 0.748. The minimum atomic E-state index is -0.606. The van der Waals surface area contributed by atoms with E-state index in [1.807, 2.05) is 6.92 Å². The maximum atomic E-state index is 13.5. The standard InChI is InChI=1S/C12H11BrFNO2/c1-7-4-11(16)15(6-7)12(17)9-5-8(13)2-3-10(9)14/h2-3,5,7H,4,6H2,1H3. The topological polar surface area (TPSA) is 37.4 Å². The molecule has 0 radical (unpaired) electrons. The van der Waals surface area contributed by atoms with Crippen molar-refractivity contribution in [3.05, 3.63) is 34.1 Å². The van der Waals surface area contributed by atoms with E-state index in [1.54, 1.807) is 0 Å². The second kappa shape index (κ2) is 4.56. The monoisotopic (exact) mass is 299 g/mol.